The maximum Gasteiger partial charge on any atom is 0.450 e. The average Bonchev–Trinajstić information content (AvgIpc) is 2.44. The van der Waals surface area contributed by atoms with Gasteiger partial charge in [-0.25, -0.2) is 0 Å². The van der Waals surface area contributed by atoms with E-state index in [2.05, 4.69) is 5.32 Å². The van der Waals surface area contributed by atoms with Crippen molar-refractivity contribution >= 4 is 23.2 Å². The fraction of sp³-hybridized carbons (Fsp3) is 0.308. The molecule has 1 amide bonds. The first-order valence-corrected chi connectivity index (χ1v) is 6.00. The molecule has 0 aliphatic carbocycles. The van der Waals surface area contributed by atoms with Gasteiger partial charge in [-0.15, -0.1) is 0 Å². The molecule has 1 aliphatic heterocycles. The highest BCUT2D eigenvalue weighted by atomic mass is 19.4. The number of alkyl halides is 3. The first-order valence-electron chi connectivity index (χ1n) is 6.00. The standard InChI is InChI=1S/C13H10F3NO5/c1-21-9-3-6(8(18)4-10(19)13(14,15)16)2-7-12(9)22-5-11(20)17-7/h2-3H,4-5H2,1H3,(H,17,20). The number of Topliss-reactive ketones (excluding diaryl/α,β-unsaturated/α-hetero) is 2. The third-order valence-electron chi connectivity index (χ3n) is 2.86. The van der Waals surface area contributed by atoms with Gasteiger partial charge in [-0.1, -0.05) is 0 Å². The predicted molar refractivity (Wildman–Crippen MR) is 67.1 cm³/mol. The van der Waals surface area contributed by atoms with Crippen molar-refractivity contribution in [2.24, 2.45) is 0 Å². The van der Waals surface area contributed by atoms with Crippen LogP contribution in [0.3, 0.4) is 0 Å². The summed E-state index contributed by atoms with van der Waals surface area (Å²) in [4.78, 5) is 33.9. The monoisotopic (exact) mass is 317 g/mol. The number of anilines is 1. The predicted octanol–water partition coefficient (Wildman–Crippen LogP) is 1.73. The topological polar surface area (TPSA) is 81.7 Å². The van der Waals surface area contributed by atoms with Gasteiger partial charge in [0.05, 0.1) is 19.2 Å². The second kappa shape index (κ2) is 5.66. The van der Waals surface area contributed by atoms with Crippen LogP contribution >= 0.6 is 0 Å². The highest BCUT2D eigenvalue weighted by Gasteiger charge is 2.39. The fourth-order valence-electron chi connectivity index (χ4n) is 1.83. The van der Waals surface area contributed by atoms with Crippen molar-refractivity contribution in [2.45, 2.75) is 12.6 Å². The number of ketones is 2. The summed E-state index contributed by atoms with van der Waals surface area (Å²) in [5.74, 6) is -3.43. The van der Waals surface area contributed by atoms with E-state index < -0.39 is 30.1 Å². The molecule has 1 aliphatic rings. The summed E-state index contributed by atoms with van der Waals surface area (Å²) in [6.45, 7) is -0.247. The number of rotatable bonds is 4. The van der Waals surface area contributed by atoms with E-state index in [1.807, 2.05) is 0 Å². The van der Waals surface area contributed by atoms with Gasteiger partial charge in [-0.05, 0) is 12.1 Å². The first-order chi connectivity index (χ1) is 10.2. The first kappa shape index (κ1) is 15.8. The van der Waals surface area contributed by atoms with E-state index >= 15 is 0 Å². The number of methoxy groups -OCH3 is 1. The third-order valence-corrected chi connectivity index (χ3v) is 2.86. The Morgan fingerprint density at radius 1 is 1.36 bits per heavy atom. The fourth-order valence-corrected chi connectivity index (χ4v) is 1.83. The molecule has 0 unspecified atom stereocenters. The second-order valence-electron chi connectivity index (χ2n) is 4.41. The molecule has 1 aromatic rings. The lowest BCUT2D eigenvalue weighted by molar-refractivity contribution is -0.170. The van der Waals surface area contributed by atoms with Gasteiger partial charge in [-0.2, -0.15) is 13.2 Å². The summed E-state index contributed by atoms with van der Waals surface area (Å²) in [5.41, 5.74) is -0.0996. The molecule has 2 rings (SSSR count). The summed E-state index contributed by atoms with van der Waals surface area (Å²) >= 11 is 0. The smallest absolute Gasteiger partial charge is 0.450 e. The lowest BCUT2D eigenvalue weighted by Crippen LogP contribution is -2.27. The van der Waals surface area contributed by atoms with E-state index in [4.69, 9.17) is 9.47 Å². The Bertz CT molecular complexity index is 654. The molecular formula is C13H10F3NO5. The molecule has 118 valence electrons. The summed E-state index contributed by atoms with van der Waals surface area (Å²) in [6, 6.07) is 2.29. The van der Waals surface area contributed by atoms with E-state index in [1.54, 1.807) is 0 Å². The van der Waals surface area contributed by atoms with Crippen LogP contribution in [-0.2, 0) is 9.59 Å². The van der Waals surface area contributed by atoms with Crippen LogP contribution in [0, 0.1) is 0 Å². The normalized spacial score (nSPS) is 13.7. The zero-order valence-electron chi connectivity index (χ0n) is 11.2. The summed E-state index contributed by atoms with van der Waals surface area (Å²) < 4.78 is 46.7. The quantitative estimate of drug-likeness (QED) is 0.675. The zero-order valence-corrected chi connectivity index (χ0v) is 11.2. The lowest BCUT2D eigenvalue weighted by Gasteiger charge is -2.21. The van der Waals surface area contributed by atoms with E-state index in [1.165, 1.54) is 7.11 Å². The number of carbonyl (C=O) groups is 3. The van der Waals surface area contributed by atoms with Gasteiger partial charge >= 0.3 is 6.18 Å². The van der Waals surface area contributed by atoms with Crippen LogP contribution in [0.2, 0.25) is 0 Å². The number of amides is 1. The molecule has 1 aromatic carbocycles. The van der Waals surface area contributed by atoms with Crippen LogP contribution < -0.4 is 14.8 Å². The largest absolute Gasteiger partial charge is 0.493 e. The van der Waals surface area contributed by atoms with Crippen molar-refractivity contribution in [3.63, 3.8) is 0 Å². The average molecular weight is 317 g/mol. The van der Waals surface area contributed by atoms with Crippen molar-refractivity contribution in [1.82, 2.24) is 0 Å². The number of hydrogen-bond donors (Lipinski definition) is 1. The van der Waals surface area contributed by atoms with Crippen LogP contribution in [0.25, 0.3) is 0 Å². The highest BCUT2D eigenvalue weighted by Crippen LogP contribution is 2.39. The number of nitrogens with one attached hydrogen (secondary N) is 1. The van der Waals surface area contributed by atoms with Crippen LogP contribution in [0.15, 0.2) is 12.1 Å². The Kier molecular flexibility index (Phi) is 4.07. The molecular weight excluding hydrogens is 307 g/mol. The Hall–Kier alpha value is -2.58. The molecule has 22 heavy (non-hydrogen) atoms. The van der Waals surface area contributed by atoms with Gasteiger partial charge in [0.1, 0.15) is 0 Å². The van der Waals surface area contributed by atoms with Crippen molar-refractivity contribution in [3.05, 3.63) is 17.7 Å². The van der Waals surface area contributed by atoms with Crippen LogP contribution in [0.5, 0.6) is 11.5 Å². The molecule has 0 atom stereocenters. The maximum atomic E-state index is 12.2. The number of fused-ring (bicyclic) bond motifs is 1. The number of hydrogen-bond acceptors (Lipinski definition) is 5. The van der Waals surface area contributed by atoms with Crippen molar-refractivity contribution < 1.29 is 37.0 Å². The number of ether oxygens (including phenoxy) is 2. The molecule has 0 saturated heterocycles. The van der Waals surface area contributed by atoms with E-state index in [0.29, 0.717) is 0 Å². The molecule has 0 aromatic heterocycles. The second-order valence-corrected chi connectivity index (χ2v) is 4.41. The van der Waals surface area contributed by atoms with Crippen molar-refractivity contribution in [2.75, 3.05) is 19.0 Å². The van der Waals surface area contributed by atoms with Crippen LogP contribution in [0.1, 0.15) is 16.8 Å². The minimum absolute atomic E-state index is 0.0697. The molecule has 0 bridgehead atoms. The summed E-state index contributed by atoms with van der Waals surface area (Å²) in [7, 11) is 1.27. The molecule has 9 heteroatoms. The number of halogens is 3. The Morgan fingerprint density at radius 2 is 2.05 bits per heavy atom. The van der Waals surface area contributed by atoms with Crippen LogP contribution in [-0.4, -0.2) is 37.4 Å². The van der Waals surface area contributed by atoms with Crippen LogP contribution in [0.4, 0.5) is 18.9 Å². The SMILES string of the molecule is COc1cc(C(=O)CC(=O)C(F)(F)F)cc2c1OCC(=O)N2. The molecule has 1 heterocycles. The summed E-state index contributed by atoms with van der Waals surface area (Å²) in [6.07, 6.45) is -6.40. The minimum atomic E-state index is -5.08. The van der Waals surface area contributed by atoms with Gasteiger partial charge in [-0.3, -0.25) is 14.4 Å². The van der Waals surface area contributed by atoms with Gasteiger partial charge < -0.3 is 14.8 Å². The Labute approximate surface area is 122 Å². The van der Waals surface area contributed by atoms with Crippen molar-refractivity contribution in [3.8, 4) is 11.5 Å². The molecule has 1 N–H and O–H groups in total. The molecule has 6 nitrogen and oxygen atoms in total. The highest BCUT2D eigenvalue weighted by molar-refractivity contribution is 6.10. The van der Waals surface area contributed by atoms with E-state index in [0.717, 1.165) is 12.1 Å². The van der Waals surface area contributed by atoms with E-state index in [-0.39, 0.29) is 29.4 Å². The molecule has 0 saturated carbocycles. The van der Waals surface area contributed by atoms with Crippen molar-refractivity contribution in [1.29, 1.82) is 0 Å². The lowest BCUT2D eigenvalue weighted by atomic mass is 10.0. The minimum Gasteiger partial charge on any atom is -0.493 e. The number of benzene rings is 1. The third kappa shape index (κ3) is 3.18. The molecule has 0 fully saturated rings. The van der Waals surface area contributed by atoms with Gasteiger partial charge in [0.25, 0.3) is 5.91 Å². The van der Waals surface area contributed by atoms with E-state index in [9.17, 15) is 27.6 Å². The molecule has 0 radical (unpaired) electrons. The zero-order chi connectivity index (χ0) is 16.5. The number of carbonyl (C=O) groups excluding carboxylic acids is 3. The maximum absolute atomic E-state index is 12.2. The Balaban J connectivity index is 2.32. The Morgan fingerprint density at radius 3 is 2.64 bits per heavy atom. The van der Waals surface area contributed by atoms with Gasteiger partial charge in [0, 0.05) is 5.56 Å². The van der Waals surface area contributed by atoms with Gasteiger partial charge in [0.15, 0.2) is 23.9 Å². The van der Waals surface area contributed by atoms with Gasteiger partial charge in [0.2, 0.25) is 5.78 Å². The molecule has 0 spiro atoms. The summed E-state index contributed by atoms with van der Waals surface area (Å²) in [5, 5.41) is 2.41.